The molecule has 0 atom stereocenters. The maximum Gasteiger partial charge on any atom is 0.272 e. The van der Waals surface area contributed by atoms with Crippen LogP contribution in [0.15, 0.2) is 143 Å². The molecule has 0 aliphatic rings. The summed E-state index contributed by atoms with van der Waals surface area (Å²) in [4.78, 5) is 27.5. The van der Waals surface area contributed by atoms with Gasteiger partial charge in [0, 0.05) is 21.2 Å². The second-order valence-corrected chi connectivity index (χ2v) is 13.7. The molecule has 0 heterocycles. The number of anilines is 2. The highest BCUT2D eigenvalue weighted by Gasteiger charge is 2.39. The summed E-state index contributed by atoms with van der Waals surface area (Å²) in [7, 11) is -9.41. The number of benzene rings is 5. The van der Waals surface area contributed by atoms with Gasteiger partial charge in [-0.3, -0.25) is 9.59 Å². The Hall–Kier alpha value is -4.48. The highest BCUT2D eigenvalue weighted by molar-refractivity contribution is 7.94. The van der Waals surface area contributed by atoms with Crippen LogP contribution in [0.4, 0.5) is 11.4 Å². The zero-order valence-electron chi connectivity index (χ0n) is 22.6. The number of hydrogen-bond acceptors (Lipinski definition) is 6. The molecule has 0 bridgehead atoms. The lowest BCUT2D eigenvalue weighted by Gasteiger charge is -2.29. The van der Waals surface area contributed by atoms with E-state index in [1.165, 1.54) is 97.1 Å². The van der Waals surface area contributed by atoms with E-state index in [4.69, 9.17) is 23.2 Å². The topological polar surface area (TPSA) is 109 Å². The van der Waals surface area contributed by atoms with E-state index in [0.717, 1.165) is 0 Å². The number of rotatable bonds is 8. The molecule has 0 N–H and O–H groups in total. The summed E-state index contributed by atoms with van der Waals surface area (Å²) in [5.74, 6) is -1.96. The number of carbonyl (C=O) groups is 2. The molecule has 0 aromatic heterocycles. The lowest BCUT2D eigenvalue weighted by Crippen LogP contribution is -2.41. The first-order valence-electron chi connectivity index (χ1n) is 12.9. The lowest BCUT2D eigenvalue weighted by molar-refractivity contribution is 0.0993. The zero-order chi connectivity index (χ0) is 31.5. The highest BCUT2D eigenvalue weighted by atomic mass is 35.5. The Balaban J connectivity index is 1.80. The van der Waals surface area contributed by atoms with Gasteiger partial charge in [-0.1, -0.05) is 71.7 Å². The number of nitrogens with zero attached hydrogens (tertiary/aromatic N) is 2. The smallest absolute Gasteiger partial charge is 0.268 e. The molecular formula is C32H22Cl2N2O6S2. The zero-order valence-corrected chi connectivity index (χ0v) is 25.8. The minimum absolute atomic E-state index is 0.00124. The Bertz CT molecular complexity index is 1890. The Morgan fingerprint density at radius 1 is 0.432 bits per heavy atom. The van der Waals surface area contributed by atoms with Crippen LogP contribution in [0.1, 0.15) is 20.7 Å². The minimum Gasteiger partial charge on any atom is -0.268 e. The molecule has 0 saturated heterocycles. The van der Waals surface area contributed by atoms with Crippen LogP contribution in [0.2, 0.25) is 10.0 Å². The quantitative estimate of drug-likeness (QED) is 0.176. The molecule has 44 heavy (non-hydrogen) atoms. The van der Waals surface area contributed by atoms with Crippen molar-refractivity contribution < 1.29 is 26.4 Å². The minimum atomic E-state index is -4.71. The summed E-state index contributed by atoms with van der Waals surface area (Å²) in [6, 6.07) is 30.9. The van der Waals surface area contributed by atoms with Crippen LogP contribution in [0.5, 0.6) is 0 Å². The number of sulfonamides is 2. The Morgan fingerprint density at radius 2 is 0.727 bits per heavy atom. The van der Waals surface area contributed by atoms with Crippen LogP contribution in [-0.2, 0) is 20.0 Å². The molecule has 5 aromatic carbocycles. The third kappa shape index (κ3) is 6.11. The van der Waals surface area contributed by atoms with Crippen LogP contribution in [0.25, 0.3) is 0 Å². The summed E-state index contributed by atoms with van der Waals surface area (Å²) in [6.07, 6.45) is 0. The van der Waals surface area contributed by atoms with E-state index >= 15 is 0 Å². The van der Waals surface area contributed by atoms with Gasteiger partial charge in [0.1, 0.15) is 0 Å². The highest BCUT2D eigenvalue weighted by Crippen LogP contribution is 2.38. The average molecular weight is 666 g/mol. The molecule has 0 aliphatic carbocycles. The van der Waals surface area contributed by atoms with Crippen LogP contribution in [0.3, 0.4) is 0 Å². The van der Waals surface area contributed by atoms with Crippen LogP contribution < -0.4 is 8.61 Å². The molecule has 12 heteroatoms. The molecule has 0 spiro atoms. The molecule has 5 rings (SSSR count). The fraction of sp³-hybridized carbons (Fsp3) is 0. The number of carbonyl (C=O) groups excluding carboxylic acids is 2. The third-order valence-corrected chi connectivity index (χ3v) is 10.4. The molecule has 8 nitrogen and oxygen atoms in total. The molecule has 5 aromatic rings. The van der Waals surface area contributed by atoms with Gasteiger partial charge in [0.05, 0.1) is 21.2 Å². The van der Waals surface area contributed by atoms with Crippen molar-refractivity contribution in [2.75, 3.05) is 8.61 Å². The fourth-order valence-corrected chi connectivity index (χ4v) is 7.43. The summed E-state index contributed by atoms with van der Waals surface area (Å²) < 4.78 is 57.9. The molecule has 0 aliphatic heterocycles. The average Bonchev–Trinajstić information content (AvgIpc) is 3.03. The van der Waals surface area contributed by atoms with Crippen molar-refractivity contribution in [1.29, 1.82) is 0 Å². The van der Waals surface area contributed by atoms with Gasteiger partial charge in [0.25, 0.3) is 31.9 Å². The van der Waals surface area contributed by atoms with E-state index < -0.39 is 31.9 Å². The molecule has 2 amide bonds. The molecule has 0 unspecified atom stereocenters. The van der Waals surface area contributed by atoms with E-state index in [1.54, 1.807) is 36.4 Å². The van der Waals surface area contributed by atoms with Crippen LogP contribution in [0, 0.1) is 0 Å². The summed E-state index contributed by atoms with van der Waals surface area (Å²) in [6.45, 7) is 0. The number of hydrogen-bond donors (Lipinski definition) is 0. The first kappa shape index (κ1) is 31.0. The van der Waals surface area contributed by atoms with Gasteiger partial charge in [0.2, 0.25) is 0 Å². The summed E-state index contributed by atoms with van der Waals surface area (Å²) >= 11 is 12.0. The summed E-state index contributed by atoms with van der Waals surface area (Å²) in [5, 5.41) is 0.526. The van der Waals surface area contributed by atoms with Crippen molar-refractivity contribution >= 4 is 66.4 Å². The molecular weight excluding hydrogens is 643 g/mol. The van der Waals surface area contributed by atoms with Crippen molar-refractivity contribution in [1.82, 2.24) is 0 Å². The van der Waals surface area contributed by atoms with Gasteiger partial charge < -0.3 is 0 Å². The second kappa shape index (κ2) is 12.6. The van der Waals surface area contributed by atoms with Crippen molar-refractivity contribution in [3.05, 3.63) is 155 Å². The van der Waals surface area contributed by atoms with Gasteiger partial charge >= 0.3 is 0 Å². The number of amides is 2. The monoisotopic (exact) mass is 664 g/mol. The van der Waals surface area contributed by atoms with Crippen LogP contribution >= 0.6 is 23.2 Å². The van der Waals surface area contributed by atoms with Gasteiger partial charge in [-0.05, 0) is 84.9 Å². The van der Waals surface area contributed by atoms with Crippen molar-refractivity contribution in [2.45, 2.75) is 9.79 Å². The molecule has 222 valence electrons. The van der Waals surface area contributed by atoms with E-state index in [0.29, 0.717) is 8.61 Å². The molecule has 0 radical (unpaired) electrons. The maximum absolute atomic E-state index is 14.2. The van der Waals surface area contributed by atoms with E-state index in [2.05, 4.69) is 0 Å². The largest absolute Gasteiger partial charge is 0.272 e. The van der Waals surface area contributed by atoms with Gasteiger partial charge in [-0.25, -0.2) is 16.8 Å². The van der Waals surface area contributed by atoms with E-state index in [1.807, 2.05) is 0 Å². The predicted molar refractivity (Wildman–Crippen MR) is 170 cm³/mol. The standard InChI is InChI=1S/C32H22Cl2N2O6S2/c33-25-15-19-27(20-16-25)43(39,40)35(31(37)23-9-3-1-4-10-23)29-13-7-8-14-30(29)36(32(38)24-11-5-2-6-12-24)44(41,42)28-21-17-26(34)18-22-28/h1-22H. The van der Waals surface area contributed by atoms with Crippen molar-refractivity contribution in [2.24, 2.45) is 0 Å². The van der Waals surface area contributed by atoms with Crippen LogP contribution in [-0.4, -0.2) is 28.6 Å². The van der Waals surface area contributed by atoms with Gasteiger partial charge in [0.15, 0.2) is 0 Å². The SMILES string of the molecule is O=C(c1ccccc1)N(c1ccccc1N(C(=O)c1ccccc1)S(=O)(=O)c1ccc(Cl)cc1)S(=O)(=O)c1ccc(Cl)cc1. The maximum atomic E-state index is 14.2. The van der Waals surface area contributed by atoms with E-state index in [-0.39, 0.29) is 42.3 Å². The predicted octanol–water partition coefficient (Wildman–Crippen LogP) is 7.06. The summed E-state index contributed by atoms with van der Waals surface area (Å²) in [5.41, 5.74) is -0.751. The van der Waals surface area contributed by atoms with Crippen molar-refractivity contribution in [3.8, 4) is 0 Å². The first-order valence-corrected chi connectivity index (χ1v) is 16.5. The second-order valence-electron chi connectivity index (χ2n) is 9.28. The number of halogens is 2. The van der Waals surface area contributed by atoms with Gasteiger partial charge in [-0.15, -0.1) is 0 Å². The Labute approximate surface area is 264 Å². The molecule has 0 fully saturated rings. The molecule has 0 saturated carbocycles. The lowest BCUT2D eigenvalue weighted by atomic mass is 10.2. The van der Waals surface area contributed by atoms with E-state index in [9.17, 15) is 26.4 Å². The Morgan fingerprint density at radius 3 is 1.05 bits per heavy atom. The fourth-order valence-electron chi connectivity index (χ4n) is 4.32. The van der Waals surface area contributed by atoms with Gasteiger partial charge in [-0.2, -0.15) is 8.61 Å². The third-order valence-electron chi connectivity index (χ3n) is 6.43. The first-order chi connectivity index (χ1) is 21.0. The normalized spacial score (nSPS) is 11.5. The Kier molecular flexibility index (Phi) is 8.89. The van der Waals surface area contributed by atoms with Crippen molar-refractivity contribution in [3.63, 3.8) is 0 Å². The number of para-hydroxylation sites is 2.